The number of hydrogen-bond acceptors (Lipinski definition) is 5. The molecule has 1 fully saturated rings. The summed E-state index contributed by atoms with van der Waals surface area (Å²) in [7, 11) is 1.67. The van der Waals surface area contributed by atoms with Crippen LogP contribution in [-0.4, -0.2) is 51.6 Å². The number of halogens is 1. The number of nitrogens with zero attached hydrogens (tertiary/aromatic N) is 2. The average Bonchev–Trinajstić information content (AvgIpc) is 2.92. The number of ether oxygens (including phenoxy) is 1. The van der Waals surface area contributed by atoms with Gasteiger partial charge in [-0.05, 0) is 61.0 Å². The van der Waals surface area contributed by atoms with Crippen LogP contribution in [0.2, 0.25) is 0 Å². The minimum atomic E-state index is -0.406. The Kier molecular flexibility index (Phi) is 8.05. The average molecular weight is 491 g/mol. The molecule has 0 bridgehead atoms. The van der Waals surface area contributed by atoms with Gasteiger partial charge >= 0.3 is 0 Å². The standard InChI is InChI=1S/C28H31FN4O3/c1-3-14-30-28(35)23-19-22(31-27(34)20-8-10-21(29)11-9-20)12-13-24(23)32-15-17-33(18-16-32)25-6-4-5-7-26(25)36-2/h4-13,19H,3,14-18H2,1-2H3,(H,30,35)(H,31,34). The Morgan fingerprint density at radius 1 is 0.889 bits per heavy atom. The fourth-order valence-electron chi connectivity index (χ4n) is 4.29. The van der Waals surface area contributed by atoms with E-state index >= 15 is 0 Å². The lowest BCUT2D eigenvalue weighted by Gasteiger charge is -2.38. The molecule has 0 atom stereocenters. The number of hydrogen-bond donors (Lipinski definition) is 2. The minimum absolute atomic E-state index is 0.183. The summed E-state index contributed by atoms with van der Waals surface area (Å²) in [6.07, 6.45) is 0.819. The van der Waals surface area contributed by atoms with Gasteiger partial charge in [-0.1, -0.05) is 19.1 Å². The molecule has 8 heteroatoms. The van der Waals surface area contributed by atoms with Gasteiger partial charge in [-0.25, -0.2) is 4.39 Å². The fraction of sp³-hybridized carbons (Fsp3) is 0.286. The molecule has 0 aromatic heterocycles. The molecule has 0 aliphatic carbocycles. The zero-order valence-corrected chi connectivity index (χ0v) is 20.6. The van der Waals surface area contributed by atoms with Crippen LogP contribution in [0.4, 0.5) is 21.5 Å². The SMILES string of the molecule is CCCNC(=O)c1cc(NC(=O)c2ccc(F)cc2)ccc1N1CCN(c2ccccc2OC)CC1. The fourth-order valence-corrected chi connectivity index (χ4v) is 4.29. The molecule has 7 nitrogen and oxygen atoms in total. The third kappa shape index (κ3) is 5.76. The normalized spacial score (nSPS) is 13.3. The van der Waals surface area contributed by atoms with E-state index in [2.05, 4.69) is 26.5 Å². The van der Waals surface area contributed by atoms with Crippen molar-refractivity contribution >= 4 is 28.9 Å². The Bertz CT molecular complexity index is 1210. The van der Waals surface area contributed by atoms with Crippen molar-refractivity contribution in [3.05, 3.63) is 83.7 Å². The van der Waals surface area contributed by atoms with Gasteiger partial charge in [-0.2, -0.15) is 0 Å². The molecule has 1 aliphatic rings. The molecule has 0 spiro atoms. The second-order valence-corrected chi connectivity index (χ2v) is 8.59. The van der Waals surface area contributed by atoms with E-state index in [1.54, 1.807) is 19.2 Å². The molecule has 2 N–H and O–H groups in total. The van der Waals surface area contributed by atoms with Gasteiger partial charge in [0.15, 0.2) is 0 Å². The molecular formula is C28H31FN4O3. The van der Waals surface area contributed by atoms with Gasteiger partial charge in [-0.3, -0.25) is 9.59 Å². The molecule has 4 rings (SSSR count). The molecule has 3 aromatic carbocycles. The highest BCUT2D eigenvalue weighted by atomic mass is 19.1. The number of carbonyl (C=O) groups excluding carboxylic acids is 2. The summed E-state index contributed by atoms with van der Waals surface area (Å²) in [6.45, 7) is 5.57. The minimum Gasteiger partial charge on any atom is -0.495 e. The molecule has 2 amide bonds. The van der Waals surface area contributed by atoms with Gasteiger partial charge in [0.1, 0.15) is 11.6 Å². The summed E-state index contributed by atoms with van der Waals surface area (Å²) >= 11 is 0. The lowest BCUT2D eigenvalue weighted by molar-refractivity contribution is 0.0952. The maximum atomic E-state index is 13.2. The Morgan fingerprint density at radius 3 is 2.22 bits per heavy atom. The Balaban J connectivity index is 1.53. The number of nitrogens with one attached hydrogen (secondary N) is 2. The predicted octanol–water partition coefficient (Wildman–Crippen LogP) is 4.55. The van der Waals surface area contributed by atoms with E-state index in [4.69, 9.17) is 4.74 Å². The van der Waals surface area contributed by atoms with Crippen molar-refractivity contribution in [1.29, 1.82) is 0 Å². The lowest BCUT2D eigenvalue weighted by Crippen LogP contribution is -2.47. The van der Waals surface area contributed by atoms with E-state index in [1.165, 1.54) is 24.3 Å². The molecule has 1 heterocycles. The van der Waals surface area contributed by atoms with Crippen molar-refractivity contribution in [2.24, 2.45) is 0 Å². The van der Waals surface area contributed by atoms with Crippen molar-refractivity contribution in [2.45, 2.75) is 13.3 Å². The first kappa shape index (κ1) is 25.0. The van der Waals surface area contributed by atoms with E-state index in [9.17, 15) is 14.0 Å². The van der Waals surface area contributed by atoms with Crippen LogP contribution in [-0.2, 0) is 0 Å². The molecule has 1 saturated heterocycles. The van der Waals surface area contributed by atoms with Gasteiger partial charge in [-0.15, -0.1) is 0 Å². The number of benzene rings is 3. The molecule has 0 unspecified atom stereocenters. The smallest absolute Gasteiger partial charge is 0.255 e. The first-order valence-corrected chi connectivity index (χ1v) is 12.1. The molecular weight excluding hydrogens is 459 g/mol. The van der Waals surface area contributed by atoms with Crippen LogP contribution in [0.1, 0.15) is 34.1 Å². The van der Waals surface area contributed by atoms with Crippen LogP contribution in [0.25, 0.3) is 0 Å². The van der Waals surface area contributed by atoms with Crippen LogP contribution in [0.15, 0.2) is 66.7 Å². The molecule has 36 heavy (non-hydrogen) atoms. The van der Waals surface area contributed by atoms with E-state index in [0.29, 0.717) is 23.4 Å². The van der Waals surface area contributed by atoms with Gasteiger partial charge in [0, 0.05) is 49.7 Å². The Labute approximate surface area is 210 Å². The maximum Gasteiger partial charge on any atom is 0.255 e. The quantitative estimate of drug-likeness (QED) is 0.485. The van der Waals surface area contributed by atoms with E-state index in [1.807, 2.05) is 31.2 Å². The lowest BCUT2D eigenvalue weighted by atomic mass is 10.1. The number of methoxy groups -OCH3 is 1. The second-order valence-electron chi connectivity index (χ2n) is 8.59. The monoisotopic (exact) mass is 490 g/mol. The van der Waals surface area contributed by atoms with Gasteiger partial charge < -0.3 is 25.2 Å². The summed E-state index contributed by atoms with van der Waals surface area (Å²) in [5.74, 6) is -0.117. The molecule has 0 radical (unpaired) electrons. The Morgan fingerprint density at radius 2 is 1.56 bits per heavy atom. The third-order valence-corrected chi connectivity index (χ3v) is 6.19. The molecule has 0 saturated carbocycles. The van der Waals surface area contributed by atoms with Gasteiger partial charge in [0.2, 0.25) is 0 Å². The van der Waals surface area contributed by atoms with E-state index in [-0.39, 0.29) is 11.8 Å². The first-order valence-electron chi connectivity index (χ1n) is 12.1. The van der Waals surface area contributed by atoms with Crippen molar-refractivity contribution in [3.8, 4) is 5.75 Å². The summed E-state index contributed by atoms with van der Waals surface area (Å²) in [4.78, 5) is 30.2. The zero-order chi connectivity index (χ0) is 25.5. The van der Waals surface area contributed by atoms with Crippen molar-refractivity contribution in [1.82, 2.24) is 5.32 Å². The molecule has 3 aromatic rings. The van der Waals surface area contributed by atoms with Crippen molar-refractivity contribution < 1.29 is 18.7 Å². The van der Waals surface area contributed by atoms with Crippen LogP contribution < -0.4 is 25.2 Å². The maximum absolute atomic E-state index is 13.2. The highest BCUT2D eigenvalue weighted by molar-refractivity contribution is 6.06. The largest absolute Gasteiger partial charge is 0.495 e. The highest BCUT2D eigenvalue weighted by Crippen LogP contribution is 2.31. The Hall–Kier alpha value is -4.07. The van der Waals surface area contributed by atoms with Crippen LogP contribution in [0.5, 0.6) is 5.75 Å². The van der Waals surface area contributed by atoms with Gasteiger partial charge in [0.25, 0.3) is 11.8 Å². The first-order chi connectivity index (χ1) is 17.5. The number of anilines is 3. The number of rotatable bonds is 8. The summed E-state index contributed by atoms with van der Waals surface area (Å²) in [6, 6.07) is 18.7. The highest BCUT2D eigenvalue weighted by Gasteiger charge is 2.24. The topological polar surface area (TPSA) is 73.9 Å². The van der Waals surface area contributed by atoms with Crippen LogP contribution in [0, 0.1) is 5.82 Å². The number of para-hydroxylation sites is 2. The number of carbonyl (C=O) groups is 2. The summed E-state index contributed by atoms with van der Waals surface area (Å²) in [5.41, 5.74) is 3.22. The summed E-state index contributed by atoms with van der Waals surface area (Å²) < 4.78 is 18.7. The number of amides is 2. The second kappa shape index (κ2) is 11.6. The third-order valence-electron chi connectivity index (χ3n) is 6.19. The van der Waals surface area contributed by atoms with Crippen molar-refractivity contribution in [2.75, 3.05) is 55.0 Å². The van der Waals surface area contributed by atoms with E-state index < -0.39 is 5.82 Å². The van der Waals surface area contributed by atoms with Crippen LogP contribution >= 0.6 is 0 Å². The summed E-state index contributed by atoms with van der Waals surface area (Å²) in [5, 5.41) is 5.77. The van der Waals surface area contributed by atoms with Crippen LogP contribution in [0.3, 0.4) is 0 Å². The zero-order valence-electron chi connectivity index (χ0n) is 20.6. The number of piperazine rings is 1. The molecule has 1 aliphatic heterocycles. The van der Waals surface area contributed by atoms with Gasteiger partial charge in [0.05, 0.1) is 18.4 Å². The van der Waals surface area contributed by atoms with Crippen molar-refractivity contribution in [3.63, 3.8) is 0 Å². The molecule has 188 valence electrons. The van der Waals surface area contributed by atoms with E-state index in [0.717, 1.165) is 49.7 Å². The predicted molar refractivity (Wildman–Crippen MR) is 141 cm³/mol.